The maximum absolute atomic E-state index is 11.9. The summed E-state index contributed by atoms with van der Waals surface area (Å²) in [6, 6.07) is 5.04. The monoisotopic (exact) mass is 279 g/mol. The fraction of sp³-hybridized carbons (Fsp3) is 0.0833. The molecule has 0 saturated carbocycles. The maximum atomic E-state index is 11.9. The summed E-state index contributed by atoms with van der Waals surface area (Å²) in [6.07, 6.45) is 1.07. The van der Waals surface area contributed by atoms with Gasteiger partial charge in [-0.3, -0.25) is 14.6 Å². The van der Waals surface area contributed by atoms with Crippen molar-refractivity contribution in [2.75, 3.05) is 5.32 Å². The van der Waals surface area contributed by atoms with Gasteiger partial charge in [0.25, 0.3) is 11.5 Å². The van der Waals surface area contributed by atoms with Crippen LogP contribution in [0.1, 0.15) is 15.9 Å². The van der Waals surface area contributed by atoms with E-state index in [0.29, 0.717) is 16.3 Å². The second-order valence-electron chi connectivity index (χ2n) is 3.85. The number of anilines is 1. The van der Waals surface area contributed by atoms with E-state index in [1.165, 1.54) is 0 Å². The number of aromatic nitrogens is 2. The Balaban J connectivity index is 2.34. The molecule has 0 aliphatic rings. The van der Waals surface area contributed by atoms with Crippen molar-refractivity contribution in [2.45, 2.75) is 6.92 Å². The average Bonchev–Trinajstić information content (AvgIpc) is 2.34. The fourth-order valence-corrected chi connectivity index (χ4v) is 1.69. The van der Waals surface area contributed by atoms with Crippen molar-refractivity contribution in [3.63, 3.8) is 0 Å². The van der Waals surface area contributed by atoms with Crippen LogP contribution in [0.2, 0.25) is 5.02 Å². The quantitative estimate of drug-likeness (QED) is 0.773. The molecule has 2 aromatic rings. The average molecular weight is 280 g/mol. The van der Waals surface area contributed by atoms with Gasteiger partial charge in [-0.05, 0) is 24.6 Å². The summed E-state index contributed by atoms with van der Waals surface area (Å²) >= 11 is 5.93. The largest absolute Gasteiger partial charge is 0.325 e. The van der Waals surface area contributed by atoms with Crippen LogP contribution in [-0.2, 0) is 0 Å². The highest BCUT2D eigenvalue weighted by molar-refractivity contribution is 6.31. The molecule has 0 spiro atoms. The van der Waals surface area contributed by atoms with Gasteiger partial charge in [0.2, 0.25) is 0 Å². The van der Waals surface area contributed by atoms with Gasteiger partial charge < -0.3 is 10.3 Å². The molecule has 98 valence electrons. The topological polar surface area (TPSA) is 94.8 Å². The number of nitrogens with one attached hydrogen (secondary N) is 3. The van der Waals surface area contributed by atoms with Crippen molar-refractivity contribution in [3.05, 3.63) is 61.4 Å². The van der Waals surface area contributed by atoms with Crippen LogP contribution in [-0.4, -0.2) is 15.9 Å². The van der Waals surface area contributed by atoms with Gasteiger partial charge in [0.05, 0.1) is 0 Å². The van der Waals surface area contributed by atoms with Gasteiger partial charge in [-0.25, -0.2) is 4.79 Å². The predicted octanol–water partition coefficient (Wildman–Crippen LogP) is 1.28. The van der Waals surface area contributed by atoms with Crippen molar-refractivity contribution < 1.29 is 4.79 Å². The lowest BCUT2D eigenvalue weighted by Crippen LogP contribution is -2.29. The van der Waals surface area contributed by atoms with E-state index in [9.17, 15) is 14.4 Å². The van der Waals surface area contributed by atoms with Crippen LogP contribution < -0.4 is 16.6 Å². The Kier molecular flexibility index (Phi) is 3.52. The molecule has 0 atom stereocenters. The first-order chi connectivity index (χ1) is 8.99. The first-order valence-electron chi connectivity index (χ1n) is 5.37. The van der Waals surface area contributed by atoms with Gasteiger partial charge >= 0.3 is 5.69 Å². The molecule has 0 radical (unpaired) electrons. The zero-order valence-electron chi connectivity index (χ0n) is 9.91. The molecule has 0 bridgehead atoms. The number of carbonyl (C=O) groups excluding carboxylic acids is 1. The third-order valence-electron chi connectivity index (χ3n) is 2.58. The molecule has 1 aromatic carbocycles. The Labute approximate surface area is 112 Å². The zero-order valence-corrected chi connectivity index (χ0v) is 10.7. The van der Waals surface area contributed by atoms with Gasteiger partial charge in [-0.2, -0.15) is 0 Å². The van der Waals surface area contributed by atoms with Crippen LogP contribution in [0.25, 0.3) is 0 Å². The minimum atomic E-state index is -0.749. The first-order valence-corrected chi connectivity index (χ1v) is 5.75. The van der Waals surface area contributed by atoms with Gasteiger partial charge in [0.15, 0.2) is 0 Å². The van der Waals surface area contributed by atoms with Gasteiger partial charge in [0.1, 0.15) is 5.56 Å². The molecular formula is C12H10ClN3O3. The van der Waals surface area contributed by atoms with Crippen molar-refractivity contribution in [3.8, 4) is 0 Å². The van der Waals surface area contributed by atoms with Gasteiger partial charge in [-0.15, -0.1) is 0 Å². The molecule has 1 heterocycles. The van der Waals surface area contributed by atoms with E-state index in [4.69, 9.17) is 11.6 Å². The molecule has 0 saturated heterocycles. The number of H-pyrrole nitrogens is 2. The van der Waals surface area contributed by atoms with Gasteiger partial charge in [0, 0.05) is 16.9 Å². The van der Waals surface area contributed by atoms with Crippen LogP contribution in [0.4, 0.5) is 5.69 Å². The molecule has 7 heteroatoms. The van der Waals surface area contributed by atoms with Crippen LogP contribution in [0, 0.1) is 6.92 Å². The summed E-state index contributed by atoms with van der Waals surface area (Å²) in [5.41, 5.74) is -0.401. The second-order valence-corrected chi connectivity index (χ2v) is 4.26. The lowest BCUT2D eigenvalue weighted by Gasteiger charge is -2.08. The second kappa shape index (κ2) is 5.11. The number of hydrogen-bond acceptors (Lipinski definition) is 3. The van der Waals surface area contributed by atoms with E-state index in [1.807, 2.05) is 4.98 Å². The Morgan fingerprint density at radius 3 is 2.74 bits per heavy atom. The molecule has 1 aromatic heterocycles. The summed E-state index contributed by atoms with van der Waals surface area (Å²) in [7, 11) is 0. The Bertz CT molecular complexity index is 748. The molecule has 3 N–H and O–H groups in total. The highest BCUT2D eigenvalue weighted by Gasteiger charge is 2.12. The number of aromatic amines is 2. The lowest BCUT2D eigenvalue weighted by molar-refractivity contribution is 0.102. The van der Waals surface area contributed by atoms with Crippen molar-refractivity contribution in [1.29, 1.82) is 0 Å². The summed E-state index contributed by atoms with van der Waals surface area (Å²) in [5, 5.41) is 3.07. The number of carbonyl (C=O) groups is 1. The Hall–Kier alpha value is -2.34. The lowest BCUT2D eigenvalue weighted by atomic mass is 10.2. The number of rotatable bonds is 2. The van der Waals surface area contributed by atoms with Crippen LogP contribution >= 0.6 is 11.6 Å². The van der Waals surface area contributed by atoms with Crippen molar-refractivity contribution in [1.82, 2.24) is 9.97 Å². The van der Waals surface area contributed by atoms with E-state index >= 15 is 0 Å². The maximum Gasteiger partial charge on any atom is 0.325 e. The van der Waals surface area contributed by atoms with Gasteiger partial charge in [-0.1, -0.05) is 17.7 Å². The van der Waals surface area contributed by atoms with E-state index in [2.05, 4.69) is 10.3 Å². The summed E-state index contributed by atoms with van der Waals surface area (Å²) < 4.78 is 0. The normalized spacial score (nSPS) is 10.2. The van der Waals surface area contributed by atoms with E-state index in [1.54, 1.807) is 25.1 Å². The third kappa shape index (κ3) is 2.74. The van der Waals surface area contributed by atoms with Crippen LogP contribution in [0.3, 0.4) is 0 Å². The molecule has 0 aliphatic heterocycles. The molecule has 19 heavy (non-hydrogen) atoms. The molecule has 1 amide bonds. The number of halogens is 1. The standard InChI is InChI=1S/C12H10ClN3O3/c1-6-8(13)3-2-4-9(6)15-10(17)7-5-14-12(19)16-11(7)18/h2-5H,1H3,(H,15,17)(H2,14,16,18,19). The van der Waals surface area contributed by atoms with Crippen molar-refractivity contribution >= 4 is 23.2 Å². The number of benzene rings is 1. The molecule has 2 rings (SSSR count). The molecule has 6 nitrogen and oxygen atoms in total. The Morgan fingerprint density at radius 2 is 2.05 bits per heavy atom. The zero-order chi connectivity index (χ0) is 14.0. The van der Waals surface area contributed by atoms with Crippen LogP contribution in [0.5, 0.6) is 0 Å². The van der Waals surface area contributed by atoms with E-state index in [-0.39, 0.29) is 5.56 Å². The molecular weight excluding hydrogens is 270 g/mol. The molecule has 0 fully saturated rings. The summed E-state index contributed by atoms with van der Waals surface area (Å²) in [6.45, 7) is 1.75. The van der Waals surface area contributed by atoms with Crippen LogP contribution in [0.15, 0.2) is 34.0 Å². The third-order valence-corrected chi connectivity index (χ3v) is 2.99. The first kappa shape index (κ1) is 13.1. The number of hydrogen-bond donors (Lipinski definition) is 3. The minimum absolute atomic E-state index is 0.182. The minimum Gasteiger partial charge on any atom is -0.321 e. The molecule has 0 aliphatic carbocycles. The summed E-state index contributed by atoms with van der Waals surface area (Å²) in [5.74, 6) is -0.622. The molecule has 0 unspecified atom stereocenters. The highest BCUT2D eigenvalue weighted by atomic mass is 35.5. The summed E-state index contributed by atoms with van der Waals surface area (Å²) in [4.78, 5) is 38.4. The predicted molar refractivity (Wildman–Crippen MR) is 71.8 cm³/mol. The fourth-order valence-electron chi connectivity index (χ4n) is 1.51. The van der Waals surface area contributed by atoms with Crippen molar-refractivity contribution in [2.24, 2.45) is 0 Å². The van der Waals surface area contributed by atoms with E-state index < -0.39 is 17.2 Å². The SMILES string of the molecule is Cc1c(Cl)cccc1NC(=O)c1c[nH]c(=O)[nH]c1=O. The highest BCUT2D eigenvalue weighted by Crippen LogP contribution is 2.23. The Morgan fingerprint density at radius 1 is 1.32 bits per heavy atom. The smallest absolute Gasteiger partial charge is 0.321 e. The number of amides is 1. The van der Waals surface area contributed by atoms with E-state index in [0.717, 1.165) is 6.20 Å².